The van der Waals surface area contributed by atoms with Gasteiger partial charge in [0.1, 0.15) is 6.10 Å². The van der Waals surface area contributed by atoms with Crippen LogP contribution in [0.3, 0.4) is 0 Å². The summed E-state index contributed by atoms with van der Waals surface area (Å²) in [7, 11) is 0. The van der Waals surface area contributed by atoms with Gasteiger partial charge in [0, 0.05) is 25.4 Å². The predicted molar refractivity (Wildman–Crippen MR) is 69.0 cm³/mol. The lowest BCUT2D eigenvalue weighted by Gasteiger charge is -2.15. The van der Waals surface area contributed by atoms with Gasteiger partial charge in [-0.3, -0.25) is 0 Å². The molecule has 1 aromatic heterocycles. The molecule has 2 aliphatic rings. The predicted octanol–water partition coefficient (Wildman–Crippen LogP) is 2.22. The molecule has 1 aromatic rings. The molecule has 0 saturated heterocycles. The van der Waals surface area contributed by atoms with Crippen molar-refractivity contribution in [1.82, 2.24) is 15.3 Å². The Balaban J connectivity index is 1.67. The summed E-state index contributed by atoms with van der Waals surface area (Å²) >= 11 is 0. The van der Waals surface area contributed by atoms with Crippen molar-refractivity contribution in [2.24, 2.45) is 5.92 Å². The lowest BCUT2D eigenvalue weighted by atomic mass is 10.2. The van der Waals surface area contributed by atoms with Crippen molar-refractivity contribution >= 4 is 0 Å². The maximum absolute atomic E-state index is 5.80. The number of aromatic nitrogens is 2. The number of nitrogens with one attached hydrogen (secondary N) is 1. The van der Waals surface area contributed by atoms with Gasteiger partial charge in [-0.15, -0.1) is 0 Å². The molecule has 2 saturated carbocycles. The average molecular weight is 247 g/mol. The summed E-state index contributed by atoms with van der Waals surface area (Å²) in [5.41, 5.74) is 1.08. The topological polar surface area (TPSA) is 47.0 Å². The van der Waals surface area contributed by atoms with Gasteiger partial charge < -0.3 is 10.1 Å². The van der Waals surface area contributed by atoms with E-state index in [4.69, 9.17) is 4.74 Å². The second kappa shape index (κ2) is 5.33. The van der Waals surface area contributed by atoms with Crippen LogP contribution in [0.2, 0.25) is 0 Å². The summed E-state index contributed by atoms with van der Waals surface area (Å²) in [5.74, 6) is 1.51. The minimum Gasteiger partial charge on any atom is -0.370 e. The zero-order valence-corrected chi connectivity index (χ0v) is 10.9. The zero-order valence-electron chi connectivity index (χ0n) is 10.9. The normalized spacial score (nSPS) is 20.9. The van der Waals surface area contributed by atoms with Gasteiger partial charge >= 0.3 is 0 Å². The fraction of sp³-hybridized carbons (Fsp3) is 0.714. The van der Waals surface area contributed by atoms with E-state index in [0.717, 1.165) is 30.7 Å². The van der Waals surface area contributed by atoms with Gasteiger partial charge in [0.05, 0.1) is 5.69 Å². The van der Waals surface area contributed by atoms with Crippen LogP contribution in [-0.2, 0) is 11.3 Å². The van der Waals surface area contributed by atoms with Crippen molar-refractivity contribution in [1.29, 1.82) is 0 Å². The van der Waals surface area contributed by atoms with E-state index in [-0.39, 0.29) is 6.10 Å². The van der Waals surface area contributed by atoms with E-state index in [0.29, 0.717) is 5.92 Å². The third-order valence-corrected chi connectivity index (χ3v) is 3.53. The molecule has 1 unspecified atom stereocenters. The lowest BCUT2D eigenvalue weighted by Crippen LogP contribution is -2.18. The summed E-state index contributed by atoms with van der Waals surface area (Å²) in [6, 6.07) is 2.71. The number of hydrogen-bond donors (Lipinski definition) is 1. The maximum Gasteiger partial charge on any atom is 0.157 e. The van der Waals surface area contributed by atoms with E-state index in [9.17, 15) is 0 Å². The number of rotatable bonds is 7. The molecule has 0 aromatic carbocycles. The first-order valence-electron chi connectivity index (χ1n) is 7.03. The van der Waals surface area contributed by atoms with Crippen molar-refractivity contribution in [3.63, 3.8) is 0 Å². The van der Waals surface area contributed by atoms with E-state index in [1.165, 1.54) is 25.7 Å². The Morgan fingerprint density at radius 1 is 1.39 bits per heavy atom. The van der Waals surface area contributed by atoms with E-state index in [1.807, 2.05) is 19.2 Å². The first-order chi connectivity index (χ1) is 8.86. The third-order valence-electron chi connectivity index (χ3n) is 3.53. The molecule has 1 heterocycles. The van der Waals surface area contributed by atoms with Crippen LogP contribution in [0.5, 0.6) is 0 Å². The molecule has 0 bridgehead atoms. The largest absolute Gasteiger partial charge is 0.370 e. The highest BCUT2D eigenvalue weighted by Crippen LogP contribution is 2.42. The van der Waals surface area contributed by atoms with Crippen LogP contribution >= 0.6 is 0 Å². The molecule has 18 heavy (non-hydrogen) atoms. The van der Waals surface area contributed by atoms with Crippen molar-refractivity contribution in [2.75, 3.05) is 6.61 Å². The molecule has 2 aliphatic carbocycles. The SMILES string of the molecule is CCOC(c1nccc(CNC2CC2)n1)C1CC1. The van der Waals surface area contributed by atoms with Crippen molar-refractivity contribution in [3.8, 4) is 0 Å². The van der Waals surface area contributed by atoms with Gasteiger partial charge in [-0.25, -0.2) is 9.97 Å². The molecular weight excluding hydrogens is 226 g/mol. The van der Waals surface area contributed by atoms with Crippen LogP contribution < -0.4 is 5.32 Å². The first-order valence-corrected chi connectivity index (χ1v) is 7.03. The Kier molecular flexibility index (Phi) is 3.57. The van der Waals surface area contributed by atoms with Gasteiger partial charge in [0.2, 0.25) is 0 Å². The van der Waals surface area contributed by atoms with Crippen molar-refractivity contribution < 1.29 is 4.74 Å². The third kappa shape index (κ3) is 3.06. The molecule has 2 fully saturated rings. The van der Waals surface area contributed by atoms with Crippen molar-refractivity contribution in [3.05, 3.63) is 23.8 Å². The summed E-state index contributed by atoms with van der Waals surface area (Å²) in [6.07, 6.45) is 7.08. The fourth-order valence-electron chi connectivity index (χ4n) is 2.18. The summed E-state index contributed by atoms with van der Waals surface area (Å²) in [6.45, 7) is 3.62. The molecule has 1 atom stereocenters. The van der Waals surface area contributed by atoms with E-state index in [2.05, 4.69) is 15.3 Å². The van der Waals surface area contributed by atoms with Crippen LogP contribution in [0.1, 0.15) is 50.2 Å². The van der Waals surface area contributed by atoms with Gasteiger partial charge in [0.25, 0.3) is 0 Å². The van der Waals surface area contributed by atoms with Crippen molar-refractivity contribution in [2.45, 2.75) is 51.3 Å². The summed E-state index contributed by atoms with van der Waals surface area (Å²) in [4.78, 5) is 9.05. The molecule has 4 nitrogen and oxygen atoms in total. The van der Waals surface area contributed by atoms with Gasteiger partial charge in [-0.1, -0.05) is 0 Å². The Morgan fingerprint density at radius 3 is 2.89 bits per heavy atom. The first kappa shape index (κ1) is 12.1. The Hall–Kier alpha value is -1.00. The molecule has 0 amide bonds. The molecule has 1 N–H and O–H groups in total. The quantitative estimate of drug-likeness (QED) is 0.802. The second-order valence-electron chi connectivity index (χ2n) is 5.27. The molecule has 4 heteroatoms. The highest BCUT2D eigenvalue weighted by atomic mass is 16.5. The molecule has 3 rings (SSSR count). The second-order valence-corrected chi connectivity index (χ2v) is 5.27. The summed E-state index contributed by atoms with van der Waals surface area (Å²) < 4.78 is 5.80. The van der Waals surface area contributed by atoms with E-state index < -0.39 is 0 Å². The molecular formula is C14H21N3O. The highest BCUT2D eigenvalue weighted by molar-refractivity contribution is 5.07. The Morgan fingerprint density at radius 2 is 2.22 bits per heavy atom. The molecule has 0 aliphatic heterocycles. The Bertz CT molecular complexity index is 402. The van der Waals surface area contributed by atoms with Gasteiger partial charge in [-0.05, 0) is 44.6 Å². The number of ether oxygens (including phenoxy) is 1. The lowest BCUT2D eigenvalue weighted by molar-refractivity contribution is 0.0398. The number of hydrogen-bond acceptors (Lipinski definition) is 4. The van der Waals surface area contributed by atoms with Gasteiger partial charge in [-0.2, -0.15) is 0 Å². The maximum atomic E-state index is 5.80. The van der Waals surface area contributed by atoms with Crippen LogP contribution in [-0.4, -0.2) is 22.6 Å². The van der Waals surface area contributed by atoms with Gasteiger partial charge in [0.15, 0.2) is 5.82 Å². The van der Waals surface area contributed by atoms with E-state index in [1.54, 1.807) is 0 Å². The zero-order chi connectivity index (χ0) is 12.4. The van der Waals surface area contributed by atoms with Crippen LogP contribution in [0, 0.1) is 5.92 Å². The van der Waals surface area contributed by atoms with Crippen LogP contribution in [0.4, 0.5) is 0 Å². The minimum atomic E-state index is 0.107. The monoisotopic (exact) mass is 247 g/mol. The highest BCUT2D eigenvalue weighted by Gasteiger charge is 2.34. The molecule has 98 valence electrons. The molecule has 0 spiro atoms. The van der Waals surface area contributed by atoms with Crippen LogP contribution in [0.15, 0.2) is 12.3 Å². The van der Waals surface area contributed by atoms with E-state index >= 15 is 0 Å². The fourth-order valence-corrected chi connectivity index (χ4v) is 2.18. The summed E-state index contributed by atoms with van der Waals surface area (Å²) in [5, 5.41) is 3.48. The standard InChI is InChI=1S/C14H21N3O/c1-2-18-13(10-3-4-10)14-15-8-7-12(17-14)9-16-11-5-6-11/h7-8,10-11,13,16H,2-6,9H2,1H3. The van der Waals surface area contributed by atoms with Crippen LogP contribution in [0.25, 0.3) is 0 Å². The smallest absolute Gasteiger partial charge is 0.157 e. The minimum absolute atomic E-state index is 0.107. The number of nitrogens with zero attached hydrogens (tertiary/aromatic N) is 2. The Labute approximate surface area is 108 Å². The average Bonchev–Trinajstić information content (AvgIpc) is 3.28. The molecule has 0 radical (unpaired) electrons.